The second-order valence-electron chi connectivity index (χ2n) is 3.70. The van der Waals surface area contributed by atoms with Crippen molar-refractivity contribution in [3.05, 3.63) is 57.9 Å². The van der Waals surface area contributed by atoms with Crippen LogP contribution >= 0.6 is 22.6 Å². The van der Waals surface area contributed by atoms with E-state index in [2.05, 4.69) is 9.71 Å². The largest absolute Gasteiger partial charge is 0.282 e. The van der Waals surface area contributed by atoms with Gasteiger partial charge in [0.1, 0.15) is 0 Å². The fourth-order valence-electron chi connectivity index (χ4n) is 1.46. The van der Waals surface area contributed by atoms with E-state index >= 15 is 0 Å². The molecule has 1 heterocycles. The highest BCUT2D eigenvalue weighted by atomic mass is 127. The average Bonchev–Trinajstić information content (AvgIpc) is 2.32. The standard InChI is InChI=1S/C12H11IN2O2S/c13-11-8-14-7-6-12(11)15-18(16,17)9-10-4-2-1-3-5-10/h1-8H,9H2,(H,14,15). The summed E-state index contributed by atoms with van der Waals surface area (Å²) < 4.78 is 27.3. The smallest absolute Gasteiger partial charge is 0.236 e. The SMILES string of the molecule is O=S(=O)(Cc1ccccc1)Nc1ccncc1I. The van der Waals surface area contributed by atoms with E-state index in [4.69, 9.17) is 0 Å². The van der Waals surface area contributed by atoms with Gasteiger partial charge in [0.2, 0.25) is 10.0 Å². The van der Waals surface area contributed by atoms with Crippen molar-refractivity contribution in [3.63, 3.8) is 0 Å². The zero-order valence-electron chi connectivity index (χ0n) is 9.38. The van der Waals surface area contributed by atoms with E-state index in [1.807, 2.05) is 40.8 Å². The van der Waals surface area contributed by atoms with Gasteiger partial charge in [0, 0.05) is 12.4 Å². The lowest BCUT2D eigenvalue weighted by Crippen LogP contribution is -2.15. The molecule has 1 aromatic heterocycles. The molecule has 18 heavy (non-hydrogen) atoms. The van der Waals surface area contributed by atoms with E-state index < -0.39 is 10.0 Å². The number of anilines is 1. The van der Waals surface area contributed by atoms with Crippen LogP contribution in [0.5, 0.6) is 0 Å². The van der Waals surface area contributed by atoms with Crippen LogP contribution in [0, 0.1) is 3.57 Å². The molecule has 0 spiro atoms. The molecule has 0 radical (unpaired) electrons. The molecule has 1 N–H and O–H groups in total. The van der Waals surface area contributed by atoms with Crippen LogP contribution in [-0.2, 0) is 15.8 Å². The van der Waals surface area contributed by atoms with Crippen LogP contribution < -0.4 is 4.72 Å². The quantitative estimate of drug-likeness (QED) is 0.838. The molecule has 0 fully saturated rings. The molecule has 94 valence electrons. The molecule has 1 aromatic carbocycles. The highest BCUT2D eigenvalue weighted by Gasteiger charge is 2.12. The third-order valence-electron chi connectivity index (χ3n) is 2.24. The molecule has 4 nitrogen and oxygen atoms in total. The topological polar surface area (TPSA) is 59.1 Å². The minimum Gasteiger partial charge on any atom is -0.282 e. The first-order valence-electron chi connectivity index (χ1n) is 5.21. The van der Waals surface area contributed by atoms with Crippen molar-refractivity contribution in [2.24, 2.45) is 0 Å². The molecule has 0 unspecified atom stereocenters. The van der Waals surface area contributed by atoms with E-state index in [1.165, 1.54) is 0 Å². The number of aromatic nitrogens is 1. The van der Waals surface area contributed by atoms with Gasteiger partial charge >= 0.3 is 0 Å². The van der Waals surface area contributed by atoms with Crippen LogP contribution in [0.1, 0.15) is 5.56 Å². The van der Waals surface area contributed by atoms with Gasteiger partial charge in [-0.1, -0.05) is 30.3 Å². The summed E-state index contributed by atoms with van der Waals surface area (Å²) in [6.45, 7) is 0. The van der Waals surface area contributed by atoms with Gasteiger partial charge < -0.3 is 0 Å². The number of hydrogen-bond acceptors (Lipinski definition) is 3. The molecule has 0 bridgehead atoms. The number of nitrogens with one attached hydrogen (secondary N) is 1. The van der Waals surface area contributed by atoms with E-state index in [-0.39, 0.29) is 5.75 Å². The van der Waals surface area contributed by atoms with E-state index in [0.717, 1.165) is 9.13 Å². The first kappa shape index (κ1) is 13.3. The van der Waals surface area contributed by atoms with Gasteiger partial charge in [-0.05, 0) is 34.2 Å². The predicted octanol–water partition coefficient (Wildman–Crippen LogP) is 2.63. The van der Waals surface area contributed by atoms with Crippen molar-refractivity contribution in [1.82, 2.24) is 4.98 Å². The third kappa shape index (κ3) is 3.67. The minimum absolute atomic E-state index is 0.0355. The molecule has 0 saturated heterocycles. The monoisotopic (exact) mass is 374 g/mol. The van der Waals surface area contributed by atoms with Crippen molar-refractivity contribution < 1.29 is 8.42 Å². The summed E-state index contributed by atoms with van der Waals surface area (Å²) >= 11 is 2.04. The summed E-state index contributed by atoms with van der Waals surface area (Å²) in [5, 5.41) is 0. The van der Waals surface area contributed by atoms with Crippen molar-refractivity contribution >= 4 is 38.3 Å². The van der Waals surface area contributed by atoms with Crippen LogP contribution in [0.25, 0.3) is 0 Å². The fourth-order valence-corrected chi connectivity index (χ4v) is 3.33. The van der Waals surface area contributed by atoms with Gasteiger partial charge in [-0.2, -0.15) is 0 Å². The Bertz CT molecular complexity index is 630. The Balaban J connectivity index is 2.16. The lowest BCUT2D eigenvalue weighted by molar-refractivity contribution is 0.600. The molecule has 2 rings (SSSR count). The maximum atomic E-state index is 12.0. The number of benzene rings is 1. The lowest BCUT2D eigenvalue weighted by Gasteiger charge is -2.09. The summed E-state index contributed by atoms with van der Waals surface area (Å²) in [4.78, 5) is 3.92. The van der Waals surface area contributed by atoms with Crippen LogP contribution in [-0.4, -0.2) is 13.4 Å². The lowest BCUT2D eigenvalue weighted by atomic mass is 10.2. The molecule has 0 aliphatic rings. The summed E-state index contributed by atoms with van der Waals surface area (Å²) in [5.41, 5.74) is 1.32. The first-order chi connectivity index (χ1) is 8.57. The van der Waals surface area contributed by atoms with Gasteiger partial charge in [0.25, 0.3) is 0 Å². The van der Waals surface area contributed by atoms with Crippen LogP contribution in [0.4, 0.5) is 5.69 Å². The fraction of sp³-hybridized carbons (Fsp3) is 0.0833. The van der Waals surface area contributed by atoms with Crippen molar-refractivity contribution in [1.29, 1.82) is 0 Å². The normalized spacial score (nSPS) is 11.2. The number of pyridine rings is 1. The van der Waals surface area contributed by atoms with Crippen molar-refractivity contribution in [3.8, 4) is 0 Å². The van der Waals surface area contributed by atoms with Crippen molar-refractivity contribution in [2.75, 3.05) is 4.72 Å². The summed E-state index contributed by atoms with van der Waals surface area (Å²) in [6, 6.07) is 10.7. The number of nitrogens with zero attached hydrogens (tertiary/aromatic N) is 1. The zero-order chi connectivity index (χ0) is 13.0. The molecular weight excluding hydrogens is 363 g/mol. The zero-order valence-corrected chi connectivity index (χ0v) is 12.3. The number of rotatable bonds is 4. The number of sulfonamides is 1. The van der Waals surface area contributed by atoms with E-state index in [9.17, 15) is 8.42 Å². The molecule has 0 atom stereocenters. The van der Waals surface area contributed by atoms with Crippen LogP contribution in [0.3, 0.4) is 0 Å². The van der Waals surface area contributed by atoms with Crippen molar-refractivity contribution in [2.45, 2.75) is 5.75 Å². The second-order valence-corrected chi connectivity index (χ2v) is 6.59. The summed E-state index contributed by atoms with van der Waals surface area (Å²) in [6.07, 6.45) is 3.17. The van der Waals surface area contributed by atoms with Gasteiger partial charge in [-0.3, -0.25) is 9.71 Å². The average molecular weight is 374 g/mol. The maximum absolute atomic E-state index is 12.0. The Kier molecular flexibility index (Phi) is 4.18. The molecule has 2 aromatic rings. The molecule has 0 aliphatic carbocycles. The maximum Gasteiger partial charge on any atom is 0.236 e. The Hall–Kier alpha value is -1.15. The Morgan fingerprint density at radius 2 is 1.89 bits per heavy atom. The molecule has 6 heteroatoms. The van der Waals surface area contributed by atoms with E-state index in [1.54, 1.807) is 30.6 Å². The van der Waals surface area contributed by atoms with E-state index in [0.29, 0.717) is 5.69 Å². The Morgan fingerprint density at radius 3 is 2.56 bits per heavy atom. The highest BCUT2D eigenvalue weighted by molar-refractivity contribution is 14.1. The summed E-state index contributed by atoms with van der Waals surface area (Å²) in [5.74, 6) is -0.0355. The molecule has 0 saturated carbocycles. The Morgan fingerprint density at radius 1 is 1.17 bits per heavy atom. The number of halogens is 1. The highest BCUT2D eigenvalue weighted by Crippen LogP contribution is 2.18. The summed E-state index contributed by atoms with van der Waals surface area (Å²) in [7, 11) is -3.39. The molecule has 0 aliphatic heterocycles. The Labute approximate surface area is 120 Å². The third-order valence-corrected chi connectivity index (χ3v) is 4.34. The van der Waals surface area contributed by atoms with Gasteiger partial charge in [-0.15, -0.1) is 0 Å². The van der Waals surface area contributed by atoms with Crippen LogP contribution in [0.15, 0.2) is 48.8 Å². The predicted molar refractivity (Wildman–Crippen MR) is 79.6 cm³/mol. The second kappa shape index (κ2) is 5.66. The first-order valence-corrected chi connectivity index (χ1v) is 7.94. The van der Waals surface area contributed by atoms with Gasteiger partial charge in [-0.25, -0.2) is 8.42 Å². The molecular formula is C12H11IN2O2S. The number of hydrogen-bond donors (Lipinski definition) is 1. The van der Waals surface area contributed by atoms with Crippen LogP contribution in [0.2, 0.25) is 0 Å². The minimum atomic E-state index is -3.39. The van der Waals surface area contributed by atoms with Gasteiger partial charge in [0.15, 0.2) is 0 Å². The van der Waals surface area contributed by atoms with Gasteiger partial charge in [0.05, 0.1) is 15.0 Å². The molecule has 0 amide bonds.